The molecule has 0 saturated carbocycles. The van der Waals surface area contributed by atoms with Crippen molar-refractivity contribution in [3.63, 3.8) is 0 Å². The third kappa shape index (κ3) is 5.19. The second-order valence-corrected chi connectivity index (χ2v) is 7.27. The zero-order valence-corrected chi connectivity index (χ0v) is 16.8. The quantitative estimate of drug-likeness (QED) is 0.724. The number of hydrogen-bond donors (Lipinski definition) is 1. The van der Waals surface area contributed by atoms with Crippen molar-refractivity contribution in [2.24, 2.45) is 0 Å². The first-order valence-electron chi connectivity index (χ1n) is 8.45. The molecule has 7 heteroatoms. The minimum atomic E-state index is -0.425. The number of hydrogen-bond acceptors (Lipinski definition) is 3. The summed E-state index contributed by atoms with van der Waals surface area (Å²) in [6, 6.07) is 14.2. The molecule has 3 rings (SSSR count). The van der Waals surface area contributed by atoms with Crippen molar-refractivity contribution in [1.29, 1.82) is 0 Å². The number of nitrogens with zero attached hydrogens (tertiary/aromatic N) is 1. The Morgan fingerprint density at radius 3 is 2.41 bits per heavy atom. The van der Waals surface area contributed by atoms with E-state index in [4.69, 9.17) is 16.3 Å². The van der Waals surface area contributed by atoms with E-state index in [-0.39, 0.29) is 11.6 Å². The van der Waals surface area contributed by atoms with Crippen LogP contribution in [0.15, 0.2) is 58.7 Å². The molecule has 2 amide bonds. The number of carbonyl (C=O) groups is 2. The lowest BCUT2D eigenvalue weighted by Gasteiger charge is -2.28. The Balaban J connectivity index is 1.89. The molecule has 1 saturated heterocycles. The van der Waals surface area contributed by atoms with Crippen molar-refractivity contribution in [1.82, 2.24) is 10.2 Å². The minimum Gasteiger partial charge on any atom is -0.378 e. The number of morpholine rings is 1. The van der Waals surface area contributed by atoms with E-state index < -0.39 is 5.91 Å². The van der Waals surface area contributed by atoms with Crippen LogP contribution in [0, 0.1) is 0 Å². The SMILES string of the molecule is O=C(N/C(=C\c1ccc(Br)cc1)C(=O)N1CCOCC1)c1ccccc1Cl. The predicted octanol–water partition coefficient (Wildman–Crippen LogP) is 3.73. The molecule has 1 fully saturated rings. The summed E-state index contributed by atoms with van der Waals surface area (Å²) in [5.41, 5.74) is 1.31. The molecule has 27 heavy (non-hydrogen) atoms. The summed E-state index contributed by atoms with van der Waals surface area (Å²) in [6.45, 7) is 1.93. The lowest BCUT2D eigenvalue weighted by atomic mass is 10.1. The molecule has 2 aromatic rings. The van der Waals surface area contributed by atoms with Crippen LogP contribution in [0.5, 0.6) is 0 Å². The van der Waals surface area contributed by atoms with Crippen LogP contribution in [0.25, 0.3) is 6.08 Å². The lowest BCUT2D eigenvalue weighted by Crippen LogP contribution is -2.44. The maximum atomic E-state index is 13.0. The van der Waals surface area contributed by atoms with Crippen molar-refractivity contribution in [2.45, 2.75) is 0 Å². The van der Waals surface area contributed by atoms with Crippen LogP contribution in [0.1, 0.15) is 15.9 Å². The lowest BCUT2D eigenvalue weighted by molar-refractivity contribution is -0.131. The van der Waals surface area contributed by atoms with Crippen molar-refractivity contribution in [3.05, 3.63) is 74.9 Å². The Hall–Kier alpha value is -2.15. The fourth-order valence-electron chi connectivity index (χ4n) is 2.65. The molecule has 0 unspecified atom stereocenters. The minimum absolute atomic E-state index is 0.198. The van der Waals surface area contributed by atoms with E-state index in [0.717, 1.165) is 10.0 Å². The molecule has 5 nitrogen and oxygen atoms in total. The van der Waals surface area contributed by atoms with Crippen molar-refractivity contribution in [2.75, 3.05) is 26.3 Å². The Morgan fingerprint density at radius 2 is 1.74 bits per heavy atom. The van der Waals surface area contributed by atoms with Gasteiger partial charge in [0.2, 0.25) is 0 Å². The summed E-state index contributed by atoms with van der Waals surface area (Å²) in [5.74, 6) is -0.674. The second-order valence-electron chi connectivity index (χ2n) is 5.95. The van der Waals surface area contributed by atoms with Crippen LogP contribution in [0.4, 0.5) is 0 Å². The Kier molecular flexibility index (Phi) is 6.66. The normalized spacial score (nSPS) is 14.7. The molecule has 0 aliphatic carbocycles. The standard InChI is InChI=1S/C20H18BrClN2O3/c21-15-7-5-14(6-8-15)13-18(20(26)24-9-11-27-12-10-24)23-19(25)16-3-1-2-4-17(16)22/h1-8,13H,9-12H2,(H,23,25)/b18-13-. The van der Waals surface area contributed by atoms with Gasteiger partial charge in [0.25, 0.3) is 11.8 Å². The molecule has 0 radical (unpaired) electrons. The van der Waals surface area contributed by atoms with Gasteiger partial charge in [0.15, 0.2) is 0 Å². The Labute approximate surface area is 171 Å². The van der Waals surface area contributed by atoms with Gasteiger partial charge in [-0.15, -0.1) is 0 Å². The summed E-state index contributed by atoms with van der Waals surface area (Å²) in [4.78, 5) is 27.3. The monoisotopic (exact) mass is 448 g/mol. The van der Waals surface area contributed by atoms with Crippen molar-refractivity contribution in [3.8, 4) is 0 Å². The molecule has 0 spiro atoms. The molecule has 0 atom stereocenters. The molecular formula is C20H18BrClN2O3. The first-order chi connectivity index (χ1) is 13.0. The van der Waals surface area contributed by atoms with Gasteiger partial charge in [-0.2, -0.15) is 0 Å². The topological polar surface area (TPSA) is 58.6 Å². The van der Waals surface area contributed by atoms with E-state index in [0.29, 0.717) is 36.9 Å². The van der Waals surface area contributed by atoms with Crippen LogP contribution in [0.2, 0.25) is 5.02 Å². The summed E-state index contributed by atoms with van der Waals surface area (Å²) in [5, 5.41) is 3.06. The number of rotatable bonds is 4. The van der Waals surface area contributed by atoms with Gasteiger partial charge < -0.3 is 15.0 Å². The third-order valence-electron chi connectivity index (χ3n) is 4.08. The number of carbonyl (C=O) groups excluding carboxylic acids is 2. The number of halogens is 2. The number of ether oxygens (including phenoxy) is 1. The highest BCUT2D eigenvalue weighted by molar-refractivity contribution is 9.10. The molecule has 1 heterocycles. The fourth-order valence-corrected chi connectivity index (χ4v) is 3.13. The van der Waals surface area contributed by atoms with E-state index >= 15 is 0 Å². The zero-order chi connectivity index (χ0) is 19.2. The third-order valence-corrected chi connectivity index (χ3v) is 4.93. The van der Waals surface area contributed by atoms with Gasteiger partial charge in [0, 0.05) is 17.6 Å². The smallest absolute Gasteiger partial charge is 0.270 e. The van der Waals surface area contributed by atoms with Crippen LogP contribution >= 0.6 is 27.5 Å². The maximum absolute atomic E-state index is 13.0. The van der Waals surface area contributed by atoms with Crippen LogP contribution < -0.4 is 5.32 Å². The first-order valence-corrected chi connectivity index (χ1v) is 9.62. The molecule has 0 aromatic heterocycles. The van der Waals surface area contributed by atoms with Gasteiger partial charge >= 0.3 is 0 Å². The van der Waals surface area contributed by atoms with Crippen LogP contribution in [0.3, 0.4) is 0 Å². The van der Waals surface area contributed by atoms with Gasteiger partial charge in [0.1, 0.15) is 5.70 Å². The molecule has 1 N–H and O–H groups in total. The van der Waals surface area contributed by atoms with E-state index in [1.807, 2.05) is 24.3 Å². The molecular weight excluding hydrogens is 432 g/mol. The molecule has 2 aromatic carbocycles. The fraction of sp³-hybridized carbons (Fsp3) is 0.200. The van der Waals surface area contributed by atoms with E-state index in [2.05, 4.69) is 21.2 Å². The average molecular weight is 450 g/mol. The predicted molar refractivity (Wildman–Crippen MR) is 108 cm³/mol. The summed E-state index contributed by atoms with van der Waals surface area (Å²) in [7, 11) is 0. The van der Waals surface area contributed by atoms with E-state index in [1.165, 1.54) is 0 Å². The van der Waals surface area contributed by atoms with E-state index in [1.54, 1.807) is 35.2 Å². The van der Waals surface area contributed by atoms with Gasteiger partial charge in [-0.05, 0) is 35.9 Å². The van der Waals surface area contributed by atoms with Gasteiger partial charge in [-0.1, -0.05) is 51.8 Å². The van der Waals surface area contributed by atoms with Crippen LogP contribution in [-0.2, 0) is 9.53 Å². The van der Waals surface area contributed by atoms with Gasteiger partial charge in [0.05, 0.1) is 23.8 Å². The molecule has 0 bridgehead atoms. The number of amides is 2. The first kappa shape index (κ1) is 19.6. The summed E-state index contributed by atoms with van der Waals surface area (Å²) < 4.78 is 6.24. The average Bonchev–Trinajstić information content (AvgIpc) is 2.69. The van der Waals surface area contributed by atoms with E-state index in [9.17, 15) is 9.59 Å². The summed E-state index contributed by atoms with van der Waals surface area (Å²) >= 11 is 9.50. The Morgan fingerprint density at radius 1 is 1.07 bits per heavy atom. The highest BCUT2D eigenvalue weighted by atomic mass is 79.9. The van der Waals surface area contributed by atoms with Crippen molar-refractivity contribution >= 4 is 45.4 Å². The largest absolute Gasteiger partial charge is 0.378 e. The van der Waals surface area contributed by atoms with Gasteiger partial charge in [-0.3, -0.25) is 9.59 Å². The number of nitrogens with one attached hydrogen (secondary N) is 1. The second kappa shape index (κ2) is 9.17. The van der Waals surface area contributed by atoms with Crippen molar-refractivity contribution < 1.29 is 14.3 Å². The molecule has 1 aliphatic rings. The highest BCUT2D eigenvalue weighted by Gasteiger charge is 2.23. The Bertz CT molecular complexity index is 862. The summed E-state index contributed by atoms with van der Waals surface area (Å²) in [6.07, 6.45) is 1.67. The highest BCUT2D eigenvalue weighted by Crippen LogP contribution is 2.17. The maximum Gasteiger partial charge on any atom is 0.270 e. The molecule has 1 aliphatic heterocycles. The number of benzene rings is 2. The zero-order valence-electron chi connectivity index (χ0n) is 14.5. The van der Waals surface area contributed by atoms with Gasteiger partial charge in [-0.25, -0.2) is 0 Å². The van der Waals surface area contributed by atoms with Crippen LogP contribution in [-0.4, -0.2) is 43.0 Å². The molecule has 140 valence electrons.